The lowest BCUT2D eigenvalue weighted by atomic mass is 9.97. The first-order chi connectivity index (χ1) is 7.65. The van der Waals surface area contributed by atoms with Crippen molar-refractivity contribution in [2.24, 2.45) is 4.99 Å². The van der Waals surface area contributed by atoms with Gasteiger partial charge in [-0.25, -0.2) is 4.99 Å². The Balaban J connectivity index is 2.09. The average molecular weight is 216 g/mol. The maximum Gasteiger partial charge on any atom is 0.249 e. The molecule has 1 N–H and O–H groups in total. The lowest BCUT2D eigenvalue weighted by Gasteiger charge is -2.19. The van der Waals surface area contributed by atoms with Crippen LogP contribution in [0.3, 0.4) is 0 Å². The van der Waals surface area contributed by atoms with Gasteiger partial charge in [0, 0.05) is 12.5 Å². The predicted molar refractivity (Wildman–Crippen MR) is 64.7 cm³/mol. The van der Waals surface area contributed by atoms with E-state index in [1.54, 1.807) is 0 Å². The lowest BCUT2D eigenvalue weighted by Crippen LogP contribution is -2.36. The van der Waals surface area contributed by atoms with E-state index in [0.717, 1.165) is 6.42 Å². The van der Waals surface area contributed by atoms with Crippen molar-refractivity contribution in [3.63, 3.8) is 0 Å². The molecule has 1 amide bonds. The van der Waals surface area contributed by atoms with Crippen LogP contribution in [-0.2, 0) is 11.2 Å². The quantitative estimate of drug-likeness (QED) is 0.818. The SMILES string of the molecule is Cc1ccc(CC2CC(=O)N=CN2)c(C)c1. The molecule has 2 rings (SSSR count). The number of nitrogens with one attached hydrogen (secondary N) is 1. The molecule has 0 spiro atoms. The van der Waals surface area contributed by atoms with Crippen LogP contribution in [0, 0.1) is 13.8 Å². The van der Waals surface area contributed by atoms with Crippen molar-refractivity contribution in [3.8, 4) is 0 Å². The number of hydrogen-bond donors (Lipinski definition) is 1. The number of carbonyl (C=O) groups is 1. The summed E-state index contributed by atoms with van der Waals surface area (Å²) in [6, 6.07) is 6.61. The Bertz CT molecular complexity index is 438. The molecule has 0 bridgehead atoms. The Labute approximate surface area is 95.6 Å². The van der Waals surface area contributed by atoms with Crippen molar-refractivity contribution >= 4 is 12.2 Å². The molecule has 16 heavy (non-hydrogen) atoms. The van der Waals surface area contributed by atoms with Crippen molar-refractivity contribution in [2.45, 2.75) is 32.7 Å². The number of benzene rings is 1. The van der Waals surface area contributed by atoms with Gasteiger partial charge in [-0.05, 0) is 31.4 Å². The molecule has 0 aromatic heterocycles. The topological polar surface area (TPSA) is 41.5 Å². The van der Waals surface area contributed by atoms with Crippen molar-refractivity contribution in [2.75, 3.05) is 0 Å². The number of hydrogen-bond acceptors (Lipinski definition) is 2. The molecule has 0 fully saturated rings. The fraction of sp³-hybridized carbons (Fsp3) is 0.385. The minimum atomic E-state index is -0.0338. The van der Waals surface area contributed by atoms with Gasteiger partial charge in [-0.15, -0.1) is 0 Å². The Morgan fingerprint density at radius 3 is 2.94 bits per heavy atom. The van der Waals surface area contributed by atoms with E-state index in [4.69, 9.17) is 0 Å². The van der Waals surface area contributed by atoms with E-state index in [0.29, 0.717) is 6.42 Å². The Hall–Kier alpha value is -1.64. The van der Waals surface area contributed by atoms with Gasteiger partial charge in [0.25, 0.3) is 0 Å². The van der Waals surface area contributed by atoms with Crippen LogP contribution in [0.1, 0.15) is 23.1 Å². The third-order valence-corrected chi connectivity index (χ3v) is 2.90. The number of amides is 1. The molecule has 0 saturated carbocycles. The minimum Gasteiger partial charge on any atom is -0.372 e. The van der Waals surface area contributed by atoms with Gasteiger partial charge in [0.1, 0.15) is 0 Å². The zero-order chi connectivity index (χ0) is 11.5. The van der Waals surface area contributed by atoms with Crippen LogP contribution in [0.15, 0.2) is 23.2 Å². The third-order valence-electron chi connectivity index (χ3n) is 2.90. The summed E-state index contributed by atoms with van der Waals surface area (Å²) in [6.07, 6.45) is 2.88. The Morgan fingerprint density at radius 1 is 1.44 bits per heavy atom. The highest BCUT2D eigenvalue weighted by atomic mass is 16.1. The standard InChI is InChI=1S/C13H16N2O/c1-9-3-4-11(10(2)5-9)6-12-7-13(16)15-8-14-12/h3-5,8,12H,6-7H2,1-2H3,(H,14,15,16). The first-order valence-electron chi connectivity index (χ1n) is 5.52. The highest BCUT2D eigenvalue weighted by Crippen LogP contribution is 2.14. The molecule has 84 valence electrons. The van der Waals surface area contributed by atoms with Crippen LogP contribution < -0.4 is 5.32 Å². The zero-order valence-electron chi connectivity index (χ0n) is 9.66. The summed E-state index contributed by atoms with van der Waals surface area (Å²) in [7, 11) is 0. The minimum absolute atomic E-state index is 0.0338. The number of rotatable bonds is 2. The molecule has 1 aromatic carbocycles. The second-order valence-corrected chi connectivity index (χ2v) is 4.35. The second-order valence-electron chi connectivity index (χ2n) is 4.35. The van der Waals surface area contributed by atoms with E-state index in [1.165, 1.54) is 23.0 Å². The number of nitrogens with zero attached hydrogens (tertiary/aromatic N) is 1. The number of aryl methyl sites for hydroxylation is 2. The average Bonchev–Trinajstić information content (AvgIpc) is 2.22. The van der Waals surface area contributed by atoms with Crippen LogP contribution in [-0.4, -0.2) is 18.3 Å². The molecule has 3 nitrogen and oxygen atoms in total. The largest absolute Gasteiger partial charge is 0.372 e. The normalized spacial score (nSPS) is 19.6. The van der Waals surface area contributed by atoms with Gasteiger partial charge >= 0.3 is 0 Å². The molecule has 1 atom stereocenters. The van der Waals surface area contributed by atoms with Gasteiger partial charge in [-0.1, -0.05) is 23.8 Å². The van der Waals surface area contributed by atoms with Gasteiger partial charge in [0.15, 0.2) is 0 Å². The summed E-state index contributed by atoms with van der Waals surface area (Å²) < 4.78 is 0. The van der Waals surface area contributed by atoms with Gasteiger partial charge < -0.3 is 5.32 Å². The Kier molecular flexibility index (Phi) is 3.04. The summed E-state index contributed by atoms with van der Waals surface area (Å²) in [5.41, 5.74) is 3.86. The van der Waals surface area contributed by atoms with Gasteiger partial charge in [0.05, 0.1) is 6.34 Å². The molecule has 1 aromatic rings. The van der Waals surface area contributed by atoms with Crippen molar-refractivity contribution < 1.29 is 4.79 Å². The van der Waals surface area contributed by atoms with Crippen molar-refractivity contribution in [1.82, 2.24) is 5.32 Å². The van der Waals surface area contributed by atoms with E-state index >= 15 is 0 Å². The molecule has 1 unspecified atom stereocenters. The molecule has 1 aliphatic heterocycles. The summed E-state index contributed by atoms with van der Waals surface area (Å²) in [4.78, 5) is 14.8. The molecular weight excluding hydrogens is 200 g/mol. The maximum absolute atomic E-state index is 11.2. The van der Waals surface area contributed by atoms with Crippen molar-refractivity contribution in [1.29, 1.82) is 0 Å². The van der Waals surface area contributed by atoms with Gasteiger partial charge in [-0.3, -0.25) is 4.79 Å². The maximum atomic E-state index is 11.2. The number of carbonyl (C=O) groups excluding carboxylic acids is 1. The van der Waals surface area contributed by atoms with Crippen LogP contribution >= 0.6 is 0 Å². The fourth-order valence-corrected chi connectivity index (χ4v) is 2.01. The summed E-state index contributed by atoms with van der Waals surface area (Å²) >= 11 is 0. The zero-order valence-corrected chi connectivity index (χ0v) is 9.66. The first-order valence-corrected chi connectivity index (χ1v) is 5.52. The van der Waals surface area contributed by atoms with Crippen LogP contribution in [0.25, 0.3) is 0 Å². The van der Waals surface area contributed by atoms with Crippen LogP contribution in [0.2, 0.25) is 0 Å². The first kappa shape index (κ1) is 10.9. The second kappa shape index (κ2) is 4.47. The smallest absolute Gasteiger partial charge is 0.249 e. The predicted octanol–water partition coefficient (Wildman–Crippen LogP) is 1.76. The van der Waals surface area contributed by atoms with Gasteiger partial charge in [0.2, 0.25) is 5.91 Å². The van der Waals surface area contributed by atoms with E-state index < -0.39 is 0 Å². The van der Waals surface area contributed by atoms with Crippen molar-refractivity contribution in [3.05, 3.63) is 34.9 Å². The number of aliphatic imine (C=N–C) groups is 1. The highest BCUT2D eigenvalue weighted by Gasteiger charge is 2.16. The fourth-order valence-electron chi connectivity index (χ4n) is 2.01. The van der Waals surface area contributed by atoms with E-state index in [-0.39, 0.29) is 11.9 Å². The highest BCUT2D eigenvalue weighted by molar-refractivity contribution is 5.87. The Morgan fingerprint density at radius 2 is 2.25 bits per heavy atom. The molecule has 0 radical (unpaired) electrons. The molecule has 1 heterocycles. The van der Waals surface area contributed by atoms with Crippen LogP contribution in [0.5, 0.6) is 0 Å². The monoisotopic (exact) mass is 216 g/mol. The molecule has 0 aliphatic carbocycles. The van der Waals surface area contributed by atoms with E-state index in [2.05, 4.69) is 42.4 Å². The molecule has 3 heteroatoms. The van der Waals surface area contributed by atoms with Gasteiger partial charge in [-0.2, -0.15) is 0 Å². The molecule has 0 saturated heterocycles. The van der Waals surface area contributed by atoms with E-state index in [9.17, 15) is 4.79 Å². The van der Waals surface area contributed by atoms with E-state index in [1.807, 2.05) is 0 Å². The summed E-state index contributed by atoms with van der Waals surface area (Å²) in [5.74, 6) is -0.0338. The molecular formula is C13H16N2O. The lowest BCUT2D eigenvalue weighted by molar-refractivity contribution is -0.118. The third kappa shape index (κ3) is 2.48. The molecule has 1 aliphatic rings. The summed E-state index contributed by atoms with van der Waals surface area (Å²) in [6.45, 7) is 4.20. The van der Waals surface area contributed by atoms with Crippen LogP contribution in [0.4, 0.5) is 0 Å². The summed E-state index contributed by atoms with van der Waals surface area (Å²) in [5, 5.41) is 3.13.